The summed E-state index contributed by atoms with van der Waals surface area (Å²) in [6.07, 6.45) is 1.05. The van der Waals surface area contributed by atoms with Gasteiger partial charge in [0.2, 0.25) is 0 Å². The van der Waals surface area contributed by atoms with Gasteiger partial charge >= 0.3 is 0 Å². The second-order valence-corrected chi connectivity index (χ2v) is 5.40. The van der Waals surface area contributed by atoms with Gasteiger partial charge in [-0.15, -0.1) is 0 Å². The molecule has 1 unspecified atom stereocenters. The van der Waals surface area contributed by atoms with Crippen molar-refractivity contribution in [3.63, 3.8) is 0 Å². The molecule has 0 amide bonds. The van der Waals surface area contributed by atoms with E-state index in [9.17, 15) is 4.39 Å². The Morgan fingerprint density at radius 3 is 3.14 bits per heavy atom. The maximum absolute atomic E-state index is 14.3. The van der Waals surface area contributed by atoms with Crippen molar-refractivity contribution in [1.82, 2.24) is 5.32 Å². The standard InChI is InChI=1S/C16H25FN2O2/c1-13-12-19(8-4-9-21-13)16-14(5-3-6-15(16)17)11-18-7-10-20-2/h3,5-6,13,18H,4,7-12H2,1-2H3. The zero-order valence-corrected chi connectivity index (χ0v) is 12.9. The van der Waals surface area contributed by atoms with Crippen molar-refractivity contribution in [2.24, 2.45) is 0 Å². The van der Waals surface area contributed by atoms with Gasteiger partial charge in [0.05, 0.1) is 18.4 Å². The highest BCUT2D eigenvalue weighted by Crippen LogP contribution is 2.26. The molecular formula is C16H25FN2O2. The first-order chi connectivity index (χ1) is 10.2. The molecule has 1 aromatic rings. The summed E-state index contributed by atoms with van der Waals surface area (Å²) in [5.74, 6) is -0.157. The Bertz CT molecular complexity index is 442. The fourth-order valence-corrected chi connectivity index (χ4v) is 2.65. The minimum Gasteiger partial charge on any atom is -0.383 e. The lowest BCUT2D eigenvalue weighted by atomic mass is 10.1. The summed E-state index contributed by atoms with van der Waals surface area (Å²) in [7, 11) is 1.67. The Kier molecular flexibility index (Phi) is 6.42. The molecule has 1 aliphatic heterocycles. The molecule has 1 aromatic carbocycles. The molecule has 0 spiro atoms. The molecule has 1 fully saturated rings. The van der Waals surface area contributed by atoms with Crippen molar-refractivity contribution in [1.29, 1.82) is 0 Å². The van der Waals surface area contributed by atoms with Gasteiger partial charge in [-0.25, -0.2) is 4.39 Å². The molecule has 118 valence electrons. The monoisotopic (exact) mass is 296 g/mol. The van der Waals surface area contributed by atoms with E-state index in [1.54, 1.807) is 13.2 Å². The quantitative estimate of drug-likeness (QED) is 0.816. The van der Waals surface area contributed by atoms with E-state index in [2.05, 4.69) is 10.2 Å². The SMILES string of the molecule is COCCNCc1cccc(F)c1N1CCCOC(C)C1. The number of ether oxygens (including phenoxy) is 2. The van der Waals surface area contributed by atoms with Crippen molar-refractivity contribution in [3.05, 3.63) is 29.6 Å². The number of methoxy groups -OCH3 is 1. The van der Waals surface area contributed by atoms with Crippen molar-refractivity contribution in [3.8, 4) is 0 Å². The van der Waals surface area contributed by atoms with E-state index < -0.39 is 0 Å². The van der Waals surface area contributed by atoms with Crippen LogP contribution in [0.15, 0.2) is 18.2 Å². The first-order valence-electron chi connectivity index (χ1n) is 7.56. The number of hydrogen-bond donors (Lipinski definition) is 1. The molecule has 4 nitrogen and oxygen atoms in total. The molecule has 1 saturated heterocycles. The Labute approximate surface area is 126 Å². The van der Waals surface area contributed by atoms with Gasteiger partial charge in [0, 0.05) is 39.9 Å². The van der Waals surface area contributed by atoms with E-state index in [-0.39, 0.29) is 11.9 Å². The maximum atomic E-state index is 14.3. The Morgan fingerprint density at radius 2 is 2.33 bits per heavy atom. The fraction of sp³-hybridized carbons (Fsp3) is 0.625. The molecule has 21 heavy (non-hydrogen) atoms. The predicted molar refractivity (Wildman–Crippen MR) is 82.2 cm³/mol. The van der Waals surface area contributed by atoms with Crippen molar-refractivity contribution < 1.29 is 13.9 Å². The summed E-state index contributed by atoms with van der Waals surface area (Å²) in [5.41, 5.74) is 1.69. The van der Waals surface area contributed by atoms with E-state index >= 15 is 0 Å². The molecule has 1 aliphatic rings. The van der Waals surface area contributed by atoms with Crippen molar-refractivity contribution in [2.75, 3.05) is 44.9 Å². The summed E-state index contributed by atoms with van der Waals surface area (Å²) in [5, 5.41) is 3.29. The third-order valence-corrected chi connectivity index (χ3v) is 3.64. The van der Waals surface area contributed by atoms with Crippen LogP contribution in [-0.2, 0) is 16.0 Å². The van der Waals surface area contributed by atoms with Gasteiger partial charge in [-0.1, -0.05) is 12.1 Å². The first-order valence-corrected chi connectivity index (χ1v) is 7.56. The smallest absolute Gasteiger partial charge is 0.146 e. The number of para-hydroxylation sites is 1. The lowest BCUT2D eigenvalue weighted by Gasteiger charge is -2.27. The Morgan fingerprint density at radius 1 is 1.48 bits per heavy atom. The van der Waals surface area contributed by atoms with Gasteiger partial charge in [-0.3, -0.25) is 0 Å². The molecule has 0 aromatic heterocycles. The molecular weight excluding hydrogens is 271 g/mol. The van der Waals surface area contributed by atoms with Gasteiger partial charge in [-0.05, 0) is 25.0 Å². The average Bonchev–Trinajstić information content (AvgIpc) is 2.68. The predicted octanol–water partition coefficient (Wildman–Crippen LogP) is 2.18. The van der Waals surface area contributed by atoms with Gasteiger partial charge in [-0.2, -0.15) is 0 Å². The zero-order chi connectivity index (χ0) is 15.1. The minimum absolute atomic E-state index is 0.126. The number of halogens is 1. The van der Waals surface area contributed by atoms with Gasteiger partial charge in [0.25, 0.3) is 0 Å². The van der Waals surface area contributed by atoms with Crippen LogP contribution >= 0.6 is 0 Å². The largest absolute Gasteiger partial charge is 0.383 e. The molecule has 0 bridgehead atoms. The van der Waals surface area contributed by atoms with Crippen LogP contribution in [0.3, 0.4) is 0 Å². The number of nitrogens with zero attached hydrogens (tertiary/aromatic N) is 1. The molecule has 0 saturated carbocycles. The molecule has 2 rings (SSSR count). The number of nitrogens with one attached hydrogen (secondary N) is 1. The van der Waals surface area contributed by atoms with E-state index in [0.717, 1.165) is 38.2 Å². The number of rotatable bonds is 6. The van der Waals surface area contributed by atoms with E-state index in [4.69, 9.17) is 9.47 Å². The summed E-state index contributed by atoms with van der Waals surface area (Å²) >= 11 is 0. The lowest BCUT2D eigenvalue weighted by molar-refractivity contribution is 0.0820. The second-order valence-electron chi connectivity index (χ2n) is 5.40. The molecule has 0 radical (unpaired) electrons. The van der Waals surface area contributed by atoms with Crippen LogP contribution in [0.5, 0.6) is 0 Å². The topological polar surface area (TPSA) is 33.7 Å². The van der Waals surface area contributed by atoms with Crippen molar-refractivity contribution >= 4 is 5.69 Å². The fourth-order valence-electron chi connectivity index (χ4n) is 2.65. The van der Waals surface area contributed by atoms with E-state index in [1.165, 1.54) is 6.07 Å². The number of hydrogen-bond acceptors (Lipinski definition) is 4. The summed E-state index contributed by atoms with van der Waals surface area (Å²) in [6.45, 7) is 6.39. The van der Waals surface area contributed by atoms with Gasteiger partial charge in [0.1, 0.15) is 5.82 Å². The van der Waals surface area contributed by atoms with E-state index in [1.807, 2.05) is 13.0 Å². The van der Waals surface area contributed by atoms with Crippen LogP contribution in [0.25, 0.3) is 0 Å². The van der Waals surface area contributed by atoms with Crippen LogP contribution in [0, 0.1) is 5.82 Å². The second kappa shape index (κ2) is 8.32. The zero-order valence-electron chi connectivity index (χ0n) is 12.9. The van der Waals surface area contributed by atoms with Gasteiger partial charge in [0.15, 0.2) is 0 Å². The molecule has 5 heteroatoms. The molecule has 1 atom stereocenters. The third-order valence-electron chi connectivity index (χ3n) is 3.64. The minimum atomic E-state index is -0.157. The van der Waals surface area contributed by atoms with E-state index in [0.29, 0.717) is 18.8 Å². The highest BCUT2D eigenvalue weighted by Gasteiger charge is 2.20. The van der Waals surface area contributed by atoms with Gasteiger partial charge < -0.3 is 19.7 Å². The highest BCUT2D eigenvalue weighted by atomic mass is 19.1. The van der Waals surface area contributed by atoms with Crippen LogP contribution in [0.4, 0.5) is 10.1 Å². The summed E-state index contributed by atoms with van der Waals surface area (Å²) in [4.78, 5) is 2.11. The maximum Gasteiger partial charge on any atom is 0.146 e. The van der Waals surface area contributed by atoms with Crippen LogP contribution in [0.1, 0.15) is 18.9 Å². The molecule has 0 aliphatic carbocycles. The molecule has 1 heterocycles. The molecule has 1 N–H and O–H groups in total. The first kappa shape index (κ1) is 16.2. The summed E-state index contributed by atoms with van der Waals surface area (Å²) in [6, 6.07) is 5.28. The number of benzene rings is 1. The van der Waals surface area contributed by atoms with Crippen LogP contribution in [-0.4, -0.2) is 46.1 Å². The van der Waals surface area contributed by atoms with Crippen LogP contribution < -0.4 is 10.2 Å². The Balaban J connectivity index is 2.12. The van der Waals surface area contributed by atoms with Crippen molar-refractivity contribution in [2.45, 2.75) is 26.0 Å². The van der Waals surface area contributed by atoms with Crippen LogP contribution in [0.2, 0.25) is 0 Å². The highest BCUT2D eigenvalue weighted by molar-refractivity contribution is 5.55. The lowest BCUT2D eigenvalue weighted by Crippen LogP contribution is -2.32. The average molecular weight is 296 g/mol. The normalized spacial score (nSPS) is 19.6. The summed E-state index contributed by atoms with van der Waals surface area (Å²) < 4.78 is 25.0. The number of anilines is 1. The third kappa shape index (κ3) is 4.66. The Hall–Kier alpha value is -1.17.